The zero-order valence-corrected chi connectivity index (χ0v) is 32.1. The number of ether oxygens (including phenoxy) is 1. The van der Waals surface area contributed by atoms with Crippen molar-refractivity contribution in [3.63, 3.8) is 0 Å². The second kappa shape index (κ2) is 13.6. The summed E-state index contributed by atoms with van der Waals surface area (Å²) in [5.74, 6) is 8.17. The SMILES string of the molecule is COC(=O)N[C@H](C(=O)N1CC2(CC2)C[C@H]1c1nc2ccc(C#Cc3ccc(-c4coc([C@@H]5CC6(CC6)CN5C(=O)[C@@H](C)C(C)C)n4)cc3)cc2[nH]1)C(C)C. The summed E-state index contributed by atoms with van der Waals surface area (Å²) < 4.78 is 10.8. The van der Waals surface area contributed by atoms with Crippen molar-refractivity contribution in [2.75, 3.05) is 20.2 Å². The summed E-state index contributed by atoms with van der Waals surface area (Å²) in [5, 5.41) is 2.74. The van der Waals surface area contributed by atoms with Crippen LogP contribution in [0.5, 0.6) is 0 Å². The number of amides is 3. The highest BCUT2D eigenvalue weighted by molar-refractivity contribution is 5.87. The number of rotatable bonds is 8. The lowest BCUT2D eigenvalue weighted by atomic mass is 9.96. The van der Waals surface area contributed by atoms with Crippen LogP contribution in [0.4, 0.5) is 4.79 Å². The molecule has 4 aromatic rings. The predicted octanol–water partition coefficient (Wildman–Crippen LogP) is 7.40. The van der Waals surface area contributed by atoms with Gasteiger partial charge in [-0.1, -0.05) is 58.6 Å². The van der Waals surface area contributed by atoms with E-state index in [4.69, 9.17) is 19.1 Å². The minimum absolute atomic E-state index is 0.0415. The fourth-order valence-electron chi connectivity index (χ4n) is 8.25. The zero-order chi connectivity index (χ0) is 37.9. The molecular weight excluding hydrogens is 681 g/mol. The normalized spacial score (nSPS) is 21.8. The van der Waals surface area contributed by atoms with Gasteiger partial charge in [0.2, 0.25) is 17.7 Å². The van der Waals surface area contributed by atoms with E-state index in [-0.39, 0.29) is 52.5 Å². The van der Waals surface area contributed by atoms with Gasteiger partial charge in [-0.25, -0.2) is 14.8 Å². The van der Waals surface area contributed by atoms with Crippen LogP contribution in [-0.2, 0) is 14.3 Å². The van der Waals surface area contributed by atoms with E-state index in [0.29, 0.717) is 12.4 Å². The van der Waals surface area contributed by atoms with Crippen molar-refractivity contribution in [1.29, 1.82) is 0 Å². The largest absolute Gasteiger partial charge is 0.453 e. The molecule has 4 heterocycles. The Morgan fingerprint density at radius 1 is 0.852 bits per heavy atom. The molecule has 0 radical (unpaired) electrons. The summed E-state index contributed by atoms with van der Waals surface area (Å²) in [7, 11) is 1.31. The number of nitrogens with zero attached hydrogens (tertiary/aromatic N) is 4. The zero-order valence-electron chi connectivity index (χ0n) is 32.1. The second-order valence-corrected chi connectivity index (χ2v) is 17.0. The fourth-order valence-corrected chi connectivity index (χ4v) is 8.25. The van der Waals surface area contributed by atoms with Crippen LogP contribution in [0.15, 0.2) is 53.1 Å². The smallest absolute Gasteiger partial charge is 0.407 e. The number of methoxy groups -OCH3 is 1. The first-order valence-electron chi connectivity index (χ1n) is 19.4. The van der Waals surface area contributed by atoms with Crippen molar-refractivity contribution in [3.05, 3.63) is 71.6 Å². The number of carbonyl (C=O) groups is 3. The summed E-state index contributed by atoms with van der Waals surface area (Å²) in [4.78, 5) is 56.6. The number of H-pyrrole nitrogens is 1. The van der Waals surface area contributed by atoms with Crippen LogP contribution in [-0.4, -0.2) is 68.9 Å². The molecule has 8 rings (SSSR count). The van der Waals surface area contributed by atoms with Crippen LogP contribution in [0.3, 0.4) is 0 Å². The Labute approximate surface area is 316 Å². The van der Waals surface area contributed by atoms with Gasteiger partial charge in [0.15, 0.2) is 0 Å². The van der Waals surface area contributed by atoms with Crippen molar-refractivity contribution >= 4 is 28.9 Å². The number of imidazole rings is 1. The number of oxazole rings is 1. The van der Waals surface area contributed by atoms with Crippen molar-refractivity contribution in [2.24, 2.45) is 28.6 Å². The van der Waals surface area contributed by atoms with Gasteiger partial charge in [-0.2, -0.15) is 0 Å². The van der Waals surface area contributed by atoms with Gasteiger partial charge in [-0.15, -0.1) is 0 Å². The molecule has 4 fully saturated rings. The number of aromatic amines is 1. The quantitative estimate of drug-likeness (QED) is 0.181. The average molecular weight is 731 g/mol. The van der Waals surface area contributed by atoms with Crippen LogP contribution >= 0.6 is 0 Å². The Kier molecular flexibility index (Phi) is 9.06. The van der Waals surface area contributed by atoms with E-state index in [0.717, 1.165) is 84.3 Å². The summed E-state index contributed by atoms with van der Waals surface area (Å²) >= 11 is 0. The van der Waals surface area contributed by atoms with Gasteiger partial charge >= 0.3 is 6.09 Å². The third-order valence-electron chi connectivity index (χ3n) is 12.4. The molecule has 2 aromatic carbocycles. The molecule has 11 heteroatoms. The minimum Gasteiger partial charge on any atom is -0.453 e. The highest BCUT2D eigenvalue weighted by Gasteiger charge is 2.56. The standard InChI is InChI=1S/C43H50N6O5/c1-25(2)27(5)39(50)49-24-43(17-18-43)21-35(49)38-46-33(22-54-38)30-12-9-28(10-13-30)7-8-29-11-14-31-32(19-29)45-37(44-31)34-20-42(15-16-42)23-48(34)40(51)36(26(3)4)47-41(52)53-6/h9-14,19,22,25-27,34-36H,15-18,20-21,23-24H2,1-6H3,(H,44,45)(H,47,52)/t27-,34-,35-,36-/m0/s1. The number of hydrogen-bond acceptors (Lipinski definition) is 7. The van der Waals surface area contributed by atoms with Crippen LogP contribution in [0, 0.1) is 40.4 Å². The van der Waals surface area contributed by atoms with Gasteiger partial charge in [0.1, 0.15) is 29.9 Å². The van der Waals surface area contributed by atoms with E-state index in [1.54, 1.807) is 6.26 Å². The number of benzene rings is 2. The number of aromatic nitrogens is 3. The van der Waals surface area contributed by atoms with Gasteiger partial charge in [0.25, 0.3) is 0 Å². The molecule has 11 nitrogen and oxygen atoms in total. The molecule has 54 heavy (non-hydrogen) atoms. The Bertz CT molecular complexity index is 2150. The molecule has 2 N–H and O–H groups in total. The lowest BCUT2D eigenvalue weighted by Gasteiger charge is -2.30. The number of likely N-dealkylation sites (tertiary alicyclic amines) is 2. The van der Waals surface area contributed by atoms with Crippen LogP contribution in [0.1, 0.15) is 108 Å². The van der Waals surface area contributed by atoms with Gasteiger partial charge in [-0.3, -0.25) is 9.59 Å². The molecule has 4 aliphatic rings. The Morgan fingerprint density at radius 2 is 1.48 bits per heavy atom. The maximum absolute atomic E-state index is 13.9. The van der Waals surface area contributed by atoms with E-state index in [1.165, 1.54) is 7.11 Å². The molecule has 2 aliphatic carbocycles. The highest BCUT2D eigenvalue weighted by atomic mass is 16.5. The van der Waals surface area contributed by atoms with E-state index in [1.807, 2.05) is 73.0 Å². The first kappa shape index (κ1) is 35.9. The van der Waals surface area contributed by atoms with Gasteiger partial charge in [-0.05, 0) is 91.5 Å². The monoisotopic (exact) mass is 730 g/mol. The molecule has 0 unspecified atom stereocenters. The predicted molar refractivity (Wildman–Crippen MR) is 204 cm³/mol. The summed E-state index contributed by atoms with van der Waals surface area (Å²) in [6.07, 6.45) is 7.35. The first-order valence-corrected chi connectivity index (χ1v) is 19.4. The van der Waals surface area contributed by atoms with Crippen LogP contribution < -0.4 is 5.32 Å². The molecule has 2 aromatic heterocycles. The van der Waals surface area contributed by atoms with E-state index >= 15 is 0 Å². The van der Waals surface area contributed by atoms with Gasteiger partial charge in [0, 0.05) is 35.7 Å². The van der Waals surface area contributed by atoms with Gasteiger partial charge < -0.3 is 29.3 Å². The molecule has 2 aliphatic heterocycles. The molecule has 2 spiro atoms. The number of carbonyl (C=O) groups excluding carboxylic acids is 3. The third kappa shape index (κ3) is 6.87. The van der Waals surface area contributed by atoms with Crippen LogP contribution in [0.2, 0.25) is 0 Å². The average Bonchev–Trinajstić information content (AvgIpc) is 3.78. The molecule has 2 saturated carbocycles. The van der Waals surface area contributed by atoms with Crippen molar-refractivity contribution in [1.82, 2.24) is 30.1 Å². The van der Waals surface area contributed by atoms with E-state index in [2.05, 4.69) is 36.0 Å². The molecule has 0 bridgehead atoms. The first-order chi connectivity index (χ1) is 25.9. The summed E-state index contributed by atoms with van der Waals surface area (Å²) in [5.41, 5.74) is 5.43. The maximum Gasteiger partial charge on any atom is 0.407 e. The Hall–Kier alpha value is -5.11. The number of fused-ring (bicyclic) bond motifs is 1. The fraction of sp³-hybridized carbons (Fsp3) is 0.512. The number of alkyl carbamates (subject to hydrolysis) is 1. The van der Waals surface area contributed by atoms with E-state index < -0.39 is 12.1 Å². The number of nitrogens with one attached hydrogen (secondary N) is 2. The third-order valence-corrected chi connectivity index (χ3v) is 12.4. The number of hydrogen-bond donors (Lipinski definition) is 2. The molecule has 4 atom stereocenters. The Morgan fingerprint density at radius 3 is 2.11 bits per heavy atom. The van der Waals surface area contributed by atoms with E-state index in [9.17, 15) is 14.4 Å². The minimum atomic E-state index is -0.685. The van der Waals surface area contributed by atoms with Crippen LogP contribution in [0.25, 0.3) is 22.3 Å². The second-order valence-electron chi connectivity index (χ2n) is 17.0. The van der Waals surface area contributed by atoms with Crippen molar-refractivity contribution < 1.29 is 23.5 Å². The van der Waals surface area contributed by atoms with Crippen molar-refractivity contribution in [3.8, 4) is 23.1 Å². The lowest BCUT2D eigenvalue weighted by Crippen LogP contribution is -2.51. The lowest BCUT2D eigenvalue weighted by molar-refractivity contribution is -0.138. The highest BCUT2D eigenvalue weighted by Crippen LogP contribution is 2.59. The van der Waals surface area contributed by atoms with Crippen molar-refractivity contribution in [2.45, 2.75) is 91.3 Å². The summed E-state index contributed by atoms with van der Waals surface area (Å²) in [6, 6.07) is 12.9. The Balaban J connectivity index is 0.963. The summed E-state index contributed by atoms with van der Waals surface area (Å²) in [6.45, 7) is 11.5. The topological polar surface area (TPSA) is 134 Å². The molecular formula is C43H50N6O5. The molecule has 2 saturated heterocycles. The van der Waals surface area contributed by atoms with Gasteiger partial charge in [0.05, 0.1) is 24.2 Å². The maximum atomic E-state index is 13.9. The molecule has 282 valence electrons. The molecule has 3 amide bonds.